The number of hydrogen-bond donors (Lipinski definition) is 1. The van der Waals surface area contributed by atoms with Crippen molar-refractivity contribution in [1.29, 1.82) is 0 Å². The first kappa shape index (κ1) is 14.8. The van der Waals surface area contributed by atoms with Gasteiger partial charge in [0.1, 0.15) is 5.76 Å². The van der Waals surface area contributed by atoms with Gasteiger partial charge in [0.2, 0.25) is 0 Å². The Kier molecular flexibility index (Phi) is 4.05. The van der Waals surface area contributed by atoms with Gasteiger partial charge in [-0.2, -0.15) is 0 Å². The SMILES string of the molecule is Cc1occc1C(=O)Nc1cccc(Cn2cccnc2=O)c1. The number of anilines is 1. The topological polar surface area (TPSA) is 77.1 Å². The number of rotatable bonds is 4. The predicted octanol–water partition coefficient (Wildman–Crippen LogP) is 2.45. The van der Waals surface area contributed by atoms with Crippen LogP contribution in [-0.4, -0.2) is 15.5 Å². The van der Waals surface area contributed by atoms with Crippen LogP contribution >= 0.6 is 0 Å². The molecule has 0 spiro atoms. The fourth-order valence-corrected chi connectivity index (χ4v) is 2.27. The number of carbonyl (C=O) groups is 1. The van der Waals surface area contributed by atoms with Crippen LogP contribution in [-0.2, 0) is 6.54 Å². The number of nitrogens with one attached hydrogen (secondary N) is 1. The number of furan rings is 1. The summed E-state index contributed by atoms with van der Waals surface area (Å²) in [6.45, 7) is 2.13. The molecule has 0 unspecified atom stereocenters. The minimum Gasteiger partial charge on any atom is -0.469 e. The molecule has 6 nitrogen and oxygen atoms in total. The Morgan fingerprint density at radius 1 is 1.30 bits per heavy atom. The molecule has 2 aromatic heterocycles. The summed E-state index contributed by atoms with van der Waals surface area (Å²) in [6, 6.07) is 10.7. The van der Waals surface area contributed by atoms with E-state index in [4.69, 9.17) is 4.42 Å². The Morgan fingerprint density at radius 2 is 2.17 bits per heavy atom. The van der Waals surface area contributed by atoms with Gasteiger partial charge in [-0.05, 0) is 36.8 Å². The van der Waals surface area contributed by atoms with E-state index in [2.05, 4.69) is 10.3 Å². The fourth-order valence-electron chi connectivity index (χ4n) is 2.27. The van der Waals surface area contributed by atoms with E-state index < -0.39 is 0 Å². The lowest BCUT2D eigenvalue weighted by molar-refractivity contribution is 0.102. The lowest BCUT2D eigenvalue weighted by Gasteiger charge is -2.08. The van der Waals surface area contributed by atoms with Crippen LogP contribution in [0.5, 0.6) is 0 Å². The zero-order valence-electron chi connectivity index (χ0n) is 12.5. The minimum absolute atomic E-state index is 0.230. The van der Waals surface area contributed by atoms with Crippen LogP contribution < -0.4 is 11.0 Å². The van der Waals surface area contributed by atoms with E-state index in [1.807, 2.05) is 18.2 Å². The molecule has 3 aromatic rings. The maximum Gasteiger partial charge on any atom is 0.347 e. The van der Waals surface area contributed by atoms with Gasteiger partial charge in [-0.1, -0.05) is 12.1 Å². The van der Waals surface area contributed by atoms with E-state index in [0.717, 1.165) is 5.56 Å². The van der Waals surface area contributed by atoms with Crippen molar-refractivity contribution in [3.63, 3.8) is 0 Å². The molecule has 0 radical (unpaired) electrons. The van der Waals surface area contributed by atoms with Gasteiger partial charge in [0.15, 0.2) is 0 Å². The van der Waals surface area contributed by atoms with Crippen molar-refractivity contribution in [2.45, 2.75) is 13.5 Å². The van der Waals surface area contributed by atoms with Gasteiger partial charge in [-0.3, -0.25) is 9.36 Å². The van der Waals surface area contributed by atoms with E-state index >= 15 is 0 Å². The first-order chi connectivity index (χ1) is 11.1. The van der Waals surface area contributed by atoms with Crippen molar-refractivity contribution < 1.29 is 9.21 Å². The summed E-state index contributed by atoms with van der Waals surface area (Å²) >= 11 is 0. The highest BCUT2D eigenvalue weighted by molar-refractivity contribution is 6.04. The summed E-state index contributed by atoms with van der Waals surface area (Å²) in [4.78, 5) is 27.6. The van der Waals surface area contributed by atoms with Crippen molar-refractivity contribution >= 4 is 11.6 Å². The maximum atomic E-state index is 12.2. The molecule has 3 rings (SSSR count). The number of nitrogens with zero attached hydrogens (tertiary/aromatic N) is 2. The van der Waals surface area contributed by atoms with Crippen molar-refractivity contribution in [2.75, 3.05) is 5.32 Å². The maximum absolute atomic E-state index is 12.2. The summed E-state index contributed by atoms with van der Waals surface area (Å²) < 4.78 is 6.63. The summed E-state index contributed by atoms with van der Waals surface area (Å²) in [5.74, 6) is 0.340. The molecule has 23 heavy (non-hydrogen) atoms. The van der Waals surface area contributed by atoms with Gasteiger partial charge in [-0.25, -0.2) is 9.78 Å². The van der Waals surface area contributed by atoms with E-state index in [0.29, 0.717) is 23.6 Å². The van der Waals surface area contributed by atoms with Crippen molar-refractivity contribution in [2.24, 2.45) is 0 Å². The lowest BCUT2D eigenvalue weighted by Crippen LogP contribution is -2.22. The van der Waals surface area contributed by atoms with Crippen molar-refractivity contribution in [1.82, 2.24) is 9.55 Å². The number of aryl methyl sites for hydroxylation is 1. The Labute approximate surface area is 132 Å². The van der Waals surface area contributed by atoms with Gasteiger partial charge in [0.25, 0.3) is 5.91 Å². The molecule has 0 aliphatic rings. The number of amides is 1. The molecular formula is C17H15N3O3. The van der Waals surface area contributed by atoms with Crippen LogP contribution in [0.15, 0.2) is 64.3 Å². The monoisotopic (exact) mass is 309 g/mol. The largest absolute Gasteiger partial charge is 0.469 e. The molecular weight excluding hydrogens is 294 g/mol. The lowest BCUT2D eigenvalue weighted by atomic mass is 10.2. The second kappa shape index (κ2) is 6.31. The molecule has 0 aliphatic carbocycles. The van der Waals surface area contributed by atoms with Gasteiger partial charge in [0, 0.05) is 18.1 Å². The molecule has 0 aliphatic heterocycles. The van der Waals surface area contributed by atoms with Crippen molar-refractivity contribution in [3.8, 4) is 0 Å². The Bertz CT molecular complexity index is 896. The molecule has 0 saturated heterocycles. The number of aromatic nitrogens is 2. The molecule has 1 aromatic carbocycles. The van der Waals surface area contributed by atoms with E-state index in [1.54, 1.807) is 31.3 Å². The zero-order chi connectivity index (χ0) is 16.2. The fraction of sp³-hybridized carbons (Fsp3) is 0.118. The highest BCUT2D eigenvalue weighted by Gasteiger charge is 2.11. The summed E-state index contributed by atoms with van der Waals surface area (Å²) in [6.07, 6.45) is 4.62. The number of hydrogen-bond acceptors (Lipinski definition) is 4. The summed E-state index contributed by atoms with van der Waals surface area (Å²) in [5, 5.41) is 2.82. The van der Waals surface area contributed by atoms with Gasteiger partial charge in [0.05, 0.1) is 18.4 Å². The third kappa shape index (κ3) is 3.37. The Hall–Kier alpha value is -3.15. The molecule has 1 N–H and O–H groups in total. The average molecular weight is 309 g/mol. The van der Waals surface area contributed by atoms with E-state index in [1.165, 1.54) is 17.0 Å². The minimum atomic E-state index is -0.309. The van der Waals surface area contributed by atoms with Crippen LogP contribution in [0.3, 0.4) is 0 Å². The van der Waals surface area contributed by atoms with Crippen LogP contribution in [0.2, 0.25) is 0 Å². The molecule has 1 amide bonds. The van der Waals surface area contributed by atoms with Crippen LogP contribution in [0.4, 0.5) is 5.69 Å². The predicted molar refractivity (Wildman–Crippen MR) is 85.4 cm³/mol. The van der Waals surface area contributed by atoms with Gasteiger partial charge < -0.3 is 9.73 Å². The van der Waals surface area contributed by atoms with Crippen LogP contribution in [0.1, 0.15) is 21.7 Å². The molecule has 0 fully saturated rings. The van der Waals surface area contributed by atoms with Crippen molar-refractivity contribution in [3.05, 3.63) is 82.4 Å². The van der Waals surface area contributed by atoms with Gasteiger partial charge >= 0.3 is 5.69 Å². The quantitative estimate of drug-likeness (QED) is 0.803. The highest BCUT2D eigenvalue weighted by atomic mass is 16.3. The standard InChI is InChI=1S/C17H15N3O3/c1-12-15(6-9-23-12)16(21)19-14-5-2-4-13(10-14)11-20-8-3-7-18-17(20)22/h2-10H,11H2,1H3,(H,19,21). The van der Waals surface area contributed by atoms with Crippen LogP contribution in [0.25, 0.3) is 0 Å². The first-order valence-corrected chi connectivity index (χ1v) is 7.09. The van der Waals surface area contributed by atoms with E-state index in [9.17, 15) is 9.59 Å². The molecule has 2 heterocycles. The second-order valence-corrected chi connectivity index (χ2v) is 5.08. The molecule has 0 saturated carbocycles. The summed E-state index contributed by atoms with van der Waals surface area (Å²) in [7, 11) is 0. The van der Waals surface area contributed by atoms with Crippen LogP contribution in [0, 0.1) is 6.92 Å². The molecule has 6 heteroatoms. The van der Waals surface area contributed by atoms with E-state index in [-0.39, 0.29) is 11.6 Å². The van der Waals surface area contributed by atoms with Gasteiger partial charge in [-0.15, -0.1) is 0 Å². The third-order valence-electron chi connectivity index (χ3n) is 3.42. The molecule has 0 bridgehead atoms. The third-order valence-corrected chi connectivity index (χ3v) is 3.42. The smallest absolute Gasteiger partial charge is 0.347 e. The summed E-state index contributed by atoms with van der Waals surface area (Å²) in [5.41, 5.74) is 1.74. The average Bonchev–Trinajstić information content (AvgIpc) is 2.96. The Balaban J connectivity index is 1.78. The second-order valence-electron chi connectivity index (χ2n) is 5.08. The number of carbonyl (C=O) groups excluding carboxylic acids is 1. The Morgan fingerprint density at radius 3 is 2.91 bits per heavy atom. The molecule has 0 atom stereocenters. The highest BCUT2D eigenvalue weighted by Crippen LogP contribution is 2.15. The molecule has 116 valence electrons. The zero-order valence-corrected chi connectivity index (χ0v) is 12.5. The first-order valence-electron chi connectivity index (χ1n) is 7.09. The normalized spacial score (nSPS) is 10.5. The number of benzene rings is 1.